The van der Waals surface area contributed by atoms with Crippen LogP contribution in [-0.4, -0.2) is 41.9 Å². The molecule has 0 aliphatic heterocycles. The molecule has 0 fully saturated rings. The molecule has 2 aromatic heterocycles. The van der Waals surface area contributed by atoms with E-state index in [2.05, 4.69) is 15.5 Å². The van der Waals surface area contributed by atoms with Crippen molar-refractivity contribution in [2.24, 2.45) is 0 Å². The van der Waals surface area contributed by atoms with Crippen molar-refractivity contribution in [2.75, 3.05) is 18.4 Å². The van der Waals surface area contributed by atoms with Crippen LogP contribution in [0.1, 0.15) is 23.5 Å². The maximum absolute atomic E-state index is 12.3. The molecule has 0 saturated heterocycles. The fourth-order valence-corrected chi connectivity index (χ4v) is 4.73. The number of hydrogen-bond acceptors (Lipinski definition) is 7. The topological polar surface area (TPSA) is 92.3 Å². The molecule has 2 aromatic rings. The summed E-state index contributed by atoms with van der Waals surface area (Å²) in [6.07, 6.45) is 0. The van der Waals surface area contributed by atoms with E-state index in [1.807, 2.05) is 0 Å². The van der Waals surface area contributed by atoms with Crippen molar-refractivity contribution in [1.29, 1.82) is 0 Å². The van der Waals surface area contributed by atoms with Gasteiger partial charge in [-0.05, 0) is 6.07 Å². The Morgan fingerprint density at radius 2 is 2.05 bits per heavy atom. The average Bonchev–Trinajstić information content (AvgIpc) is 3.10. The van der Waals surface area contributed by atoms with Crippen LogP contribution in [0.15, 0.2) is 21.9 Å². The number of nitrogens with one attached hydrogen (secondary N) is 1. The maximum Gasteiger partial charge on any atom is 0.267 e. The highest BCUT2D eigenvalue weighted by molar-refractivity contribution is 7.89. The Labute approximate surface area is 130 Å². The van der Waals surface area contributed by atoms with Crippen LogP contribution in [0.2, 0.25) is 0 Å². The quantitative estimate of drug-likeness (QED) is 0.862. The van der Waals surface area contributed by atoms with Crippen molar-refractivity contribution in [2.45, 2.75) is 18.7 Å². The van der Waals surface area contributed by atoms with E-state index < -0.39 is 15.9 Å². The van der Waals surface area contributed by atoms with E-state index in [0.29, 0.717) is 23.1 Å². The summed E-state index contributed by atoms with van der Waals surface area (Å²) in [4.78, 5) is 12.4. The van der Waals surface area contributed by atoms with Crippen molar-refractivity contribution < 1.29 is 13.2 Å². The van der Waals surface area contributed by atoms with Gasteiger partial charge in [0.25, 0.3) is 5.91 Å². The van der Waals surface area contributed by atoms with Crippen molar-refractivity contribution in [1.82, 2.24) is 14.5 Å². The number of hydrogen-bond donors (Lipinski definition) is 1. The Morgan fingerprint density at radius 1 is 1.33 bits per heavy atom. The van der Waals surface area contributed by atoms with Gasteiger partial charge < -0.3 is 0 Å². The summed E-state index contributed by atoms with van der Waals surface area (Å²) >= 11 is 2.28. The number of nitrogens with zero attached hydrogens (tertiary/aromatic N) is 3. The predicted octanol–water partition coefficient (Wildman–Crippen LogP) is 1.88. The lowest BCUT2D eigenvalue weighted by Gasteiger charge is -2.17. The number of carbonyl (C=O) groups is 1. The third kappa shape index (κ3) is 3.46. The zero-order chi connectivity index (χ0) is 15.5. The highest BCUT2D eigenvalue weighted by atomic mass is 32.2. The summed E-state index contributed by atoms with van der Waals surface area (Å²) < 4.78 is 26.0. The lowest BCUT2D eigenvalue weighted by atomic mass is 10.4. The molecule has 2 heterocycles. The van der Waals surface area contributed by atoms with Crippen LogP contribution in [0.25, 0.3) is 0 Å². The van der Waals surface area contributed by atoms with Gasteiger partial charge in [0.2, 0.25) is 15.2 Å². The molecule has 114 valence electrons. The van der Waals surface area contributed by atoms with Crippen LogP contribution in [0.3, 0.4) is 0 Å². The monoisotopic (exact) mass is 346 g/mol. The van der Waals surface area contributed by atoms with Gasteiger partial charge in [-0.25, -0.2) is 8.42 Å². The summed E-state index contributed by atoms with van der Waals surface area (Å²) in [5.74, 6) is -0.391. The number of aromatic nitrogens is 2. The number of sulfonamides is 1. The number of amides is 1. The van der Waals surface area contributed by atoms with Crippen LogP contribution in [0.4, 0.5) is 5.13 Å². The standard InChI is InChI=1S/C11H14N4O3S3/c1-3-15(4-2)21(17,18)8-5-9(19-6-8)10(16)13-11-14-12-7-20-11/h5-7H,3-4H2,1-2H3,(H,13,14,16). The van der Waals surface area contributed by atoms with E-state index in [9.17, 15) is 13.2 Å². The lowest BCUT2D eigenvalue weighted by Crippen LogP contribution is -2.30. The molecule has 1 N–H and O–H groups in total. The second-order valence-electron chi connectivity index (χ2n) is 3.93. The van der Waals surface area contributed by atoms with Crippen LogP contribution in [-0.2, 0) is 10.0 Å². The fraction of sp³-hybridized carbons (Fsp3) is 0.364. The normalized spacial score (nSPS) is 11.8. The molecule has 0 bridgehead atoms. The number of rotatable bonds is 6. The molecule has 21 heavy (non-hydrogen) atoms. The van der Waals surface area contributed by atoms with Crippen LogP contribution in [0.5, 0.6) is 0 Å². The highest BCUT2D eigenvalue weighted by Gasteiger charge is 2.24. The lowest BCUT2D eigenvalue weighted by molar-refractivity contribution is 0.103. The van der Waals surface area contributed by atoms with Crippen molar-refractivity contribution in [3.05, 3.63) is 21.8 Å². The SMILES string of the molecule is CCN(CC)S(=O)(=O)c1csc(C(=O)Nc2nncs2)c1. The summed E-state index contributed by atoms with van der Waals surface area (Å²) in [5.41, 5.74) is 1.50. The smallest absolute Gasteiger partial charge is 0.267 e. The highest BCUT2D eigenvalue weighted by Crippen LogP contribution is 2.23. The van der Waals surface area contributed by atoms with Crippen molar-refractivity contribution in [3.8, 4) is 0 Å². The molecular formula is C11H14N4O3S3. The second-order valence-corrected chi connectivity index (χ2v) is 7.62. The minimum atomic E-state index is -3.54. The van der Waals surface area contributed by atoms with Gasteiger partial charge in [-0.1, -0.05) is 25.2 Å². The molecular weight excluding hydrogens is 332 g/mol. The zero-order valence-corrected chi connectivity index (χ0v) is 13.9. The van der Waals surface area contributed by atoms with E-state index in [4.69, 9.17) is 0 Å². The first-order valence-electron chi connectivity index (χ1n) is 6.15. The number of anilines is 1. The summed E-state index contributed by atoms with van der Waals surface area (Å²) in [6.45, 7) is 4.33. The minimum absolute atomic E-state index is 0.138. The fourth-order valence-electron chi connectivity index (χ4n) is 1.67. The molecule has 0 unspecified atom stereocenters. The van der Waals surface area contributed by atoms with Crippen LogP contribution < -0.4 is 5.32 Å². The van der Waals surface area contributed by atoms with Gasteiger partial charge in [-0.2, -0.15) is 4.31 Å². The van der Waals surface area contributed by atoms with Gasteiger partial charge in [-0.15, -0.1) is 21.5 Å². The van der Waals surface area contributed by atoms with E-state index in [0.717, 1.165) is 11.3 Å². The molecule has 2 rings (SSSR count). The number of thiophene rings is 1. The summed E-state index contributed by atoms with van der Waals surface area (Å²) in [5, 5.41) is 11.7. The first-order chi connectivity index (χ1) is 9.98. The Kier molecular flexibility index (Phi) is 5.04. The largest absolute Gasteiger partial charge is 0.296 e. The van der Waals surface area contributed by atoms with E-state index in [-0.39, 0.29) is 4.90 Å². The minimum Gasteiger partial charge on any atom is -0.296 e. The molecule has 0 saturated carbocycles. The van der Waals surface area contributed by atoms with Crippen molar-refractivity contribution in [3.63, 3.8) is 0 Å². The average molecular weight is 346 g/mol. The third-order valence-electron chi connectivity index (χ3n) is 2.72. The molecule has 0 aliphatic carbocycles. The molecule has 7 nitrogen and oxygen atoms in total. The molecule has 0 aliphatic rings. The summed E-state index contributed by atoms with van der Waals surface area (Å²) in [7, 11) is -3.54. The third-order valence-corrected chi connectivity index (χ3v) is 6.44. The number of carbonyl (C=O) groups excluding carboxylic acids is 1. The summed E-state index contributed by atoms with van der Waals surface area (Å²) in [6, 6.07) is 1.38. The Hall–Kier alpha value is -1.36. The first-order valence-corrected chi connectivity index (χ1v) is 9.35. The Bertz CT molecular complexity index is 705. The van der Waals surface area contributed by atoms with E-state index in [1.165, 1.54) is 32.6 Å². The van der Waals surface area contributed by atoms with E-state index in [1.54, 1.807) is 13.8 Å². The van der Waals surface area contributed by atoms with E-state index >= 15 is 0 Å². The van der Waals surface area contributed by atoms with Gasteiger partial charge in [0, 0.05) is 18.5 Å². The van der Waals surface area contributed by atoms with Gasteiger partial charge in [0.15, 0.2) is 0 Å². The molecule has 0 aromatic carbocycles. The Morgan fingerprint density at radius 3 is 2.62 bits per heavy atom. The molecule has 0 radical (unpaired) electrons. The van der Waals surface area contributed by atoms with Gasteiger partial charge in [0.05, 0.1) is 9.77 Å². The molecule has 0 spiro atoms. The molecule has 10 heteroatoms. The Balaban J connectivity index is 2.20. The zero-order valence-electron chi connectivity index (χ0n) is 11.4. The molecule has 0 atom stereocenters. The predicted molar refractivity (Wildman–Crippen MR) is 82.3 cm³/mol. The van der Waals surface area contributed by atoms with Crippen molar-refractivity contribution >= 4 is 43.7 Å². The maximum atomic E-state index is 12.3. The molecule has 1 amide bonds. The van der Waals surface area contributed by atoms with Gasteiger partial charge in [-0.3, -0.25) is 10.1 Å². The van der Waals surface area contributed by atoms with Gasteiger partial charge >= 0.3 is 0 Å². The van der Waals surface area contributed by atoms with Crippen LogP contribution >= 0.6 is 22.7 Å². The van der Waals surface area contributed by atoms with Gasteiger partial charge in [0.1, 0.15) is 5.51 Å². The first kappa shape index (κ1) is 16.0. The van der Waals surface area contributed by atoms with Crippen LogP contribution in [0, 0.1) is 0 Å². The second kappa shape index (κ2) is 6.60.